The quantitative estimate of drug-likeness (QED) is 0.309. The molecule has 0 aliphatic rings. The number of hydrogen-bond donors (Lipinski definition) is 2. The molecule has 0 aliphatic heterocycles. The summed E-state index contributed by atoms with van der Waals surface area (Å²) in [6.45, 7) is 1.26. The number of aromatic nitrogens is 2. The molecule has 0 fully saturated rings. The number of rotatable bonds is 8. The number of H-pyrrole nitrogens is 1. The van der Waals surface area contributed by atoms with Crippen molar-refractivity contribution in [1.82, 2.24) is 15.3 Å². The summed E-state index contributed by atoms with van der Waals surface area (Å²) in [5, 5.41) is 3.71. The van der Waals surface area contributed by atoms with Crippen LogP contribution in [0.15, 0.2) is 59.1 Å². The van der Waals surface area contributed by atoms with E-state index < -0.39 is 0 Å². The summed E-state index contributed by atoms with van der Waals surface area (Å²) in [4.78, 5) is 7.89. The smallest absolute Gasteiger partial charge is 0.167 e. The number of para-hydroxylation sites is 2. The van der Waals surface area contributed by atoms with E-state index in [0.717, 1.165) is 26.9 Å². The Labute approximate surface area is 192 Å². The summed E-state index contributed by atoms with van der Waals surface area (Å²) in [6, 6.07) is 15.9. The molecule has 3 aromatic carbocycles. The molecule has 0 aliphatic carbocycles. The van der Waals surface area contributed by atoms with Gasteiger partial charge < -0.3 is 19.8 Å². The number of hydrogen-bond acceptors (Lipinski definition) is 4. The number of fused-ring (bicyclic) bond motifs is 1. The monoisotopic (exact) mass is 503 g/mol. The Kier molecular flexibility index (Phi) is 6.75. The molecule has 0 unspecified atom stereocenters. The molecule has 0 amide bonds. The van der Waals surface area contributed by atoms with Crippen LogP contribution in [0, 0.1) is 5.82 Å². The van der Waals surface area contributed by atoms with Gasteiger partial charge in [0.05, 0.1) is 29.7 Å². The van der Waals surface area contributed by atoms with E-state index in [1.54, 1.807) is 13.2 Å². The van der Waals surface area contributed by atoms with E-state index in [0.29, 0.717) is 35.2 Å². The maximum Gasteiger partial charge on any atom is 0.167 e. The van der Waals surface area contributed by atoms with Crippen LogP contribution >= 0.6 is 27.5 Å². The molecule has 0 radical (unpaired) electrons. The Morgan fingerprint density at radius 2 is 1.97 bits per heavy atom. The molecule has 0 bridgehead atoms. The zero-order valence-corrected chi connectivity index (χ0v) is 19.1. The van der Waals surface area contributed by atoms with Gasteiger partial charge in [-0.1, -0.05) is 45.7 Å². The van der Waals surface area contributed by atoms with Crippen molar-refractivity contribution >= 4 is 38.6 Å². The molecule has 1 heterocycles. The normalized spacial score (nSPS) is 11.1. The van der Waals surface area contributed by atoms with Crippen molar-refractivity contribution in [3.8, 4) is 11.5 Å². The van der Waals surface area contributed by atoms with Crippen LogP contribution in [-0.2, 0) is 19.7 Å². The van der Waals surface area contributed by atoms with E-state index in [-0.39, 0.29) is 12.4 Å². The lowest BCUT2D eigenvalue weighted by molar-refractivity contribution is 0.280. The molecule has 4 rings (SSSR count). The van der Waals surface area contributed by atoms with Crippen molar-refractivity contribution in [3.63, 3.8) is 0 Å². The fraction of sp³-hybridized carbons (Fsp3) is 0.174. The maximum absolute atomic E-state index is 13.3. The van der Waals surface area contributed by atoms with Crippen molar-refractivity contribution in [2.45, 2.75) is 19.7 Å². The molecule has 31 heavy (non-hydrogen) atoms. The summed E-state index contributed by atoms with van der Waals surface area (Å²) in [5.41, 5.74) is 3.52. The molecule has 0 saturated carbocycles. The Balaban J connectivity index is 1.50. The van der Waals surface area contributed by atoms with Crippen molar-refractivity contribution in [2.75, 3.05) is 7.11 Å². The van der Waals surface area contributed by atoms with Gasteiger partial charge in [-0.15, -0.1) is 0 Å². The van der Waals surface area contributed by atoms with Crippen LogP contribution in [0.5, 0.6) is 11.5 Å². The van der Waals surface area contributed by atoms with Crippen LogP contribution in [0.2, 0.25) is 5.02 Å². The highest BCUT2D eigenvalue weighted by molar-refractivity contribution is 9.10. The lowest BCUT2D eigenvalue weighted by Gasteiger charge is -2.17. The van der Waals surface area contributed by atoms with Crippen LogP contribution in [0.25, 0.3) is 11.0 Å². The lowest BCUT2D eigenvalue weighted by Crippen LogP contribution is -2.15. The second kappa shape index (κ2) is 9.68. The first kappa shape index (κ1) is 21.6. The van der Waals surface area contributed by atoms with Gasteiger partial charge in [0.25, 0.3) is 0 Å². The number of aromatic amines is 1. The maximum atomic E-state index is 13.3. The average molecular weight is 505 g/mol. The van der Waals surface area contributed by atoms with Crippen molar-refractivity contribution in [1.29, 1.82) is 0 Å². The van der Waals surface area contributed by atoms with E-state index in [1.165, 1.54) is 12.1 Å². The predicted molar refractivity (Wildman–Crippen MR) is 123 cm³/mol. The van der Waals surface area contributed by atoms with Crippen LogP contribution in [0.1, 0.15) is 17.0 Å². The van der Waals surface area contributed by atoms with E-state index in [9.17, 15) is 4.39 Å². The first-order valence-corrected chi connectivity index (χ1v) is 10.8. The Bertz CT molecular complexity index is 1180. The van der Waals surface area contributed by atoms with E-state index in [2.05, 4.69) is 31.2 Å². The minimum absolute atomic E-state index is 0.183. The van der Waals surface area contributed by atoms with Crippen molar-refractivity contribution in [2.24, 2.45) is 0 Å². The number of methoxy groups -OCH3 is 1. The molecule has 160 valence electrons. The SMILES string of the molecule is COc1ccc(Br)c(CNCc2nc3ccccc3[nH]2)c1OCc1ccc(F)cc1Cl. The van der Waals surface area contributed by atoms with Crippen LogP contribution in [0.3, 0.4) is 0 Å². The van der Waals surface area contributed by atoms with Crippen LogP contribution in [0.4, 0.5) is 4.39 Å². The highest BCUT2D eigenvalue weighted by Crippen LogP contribution is 2.37. The first-order chi connectivity index (χ1) is 15.0. The largest absolute Gasteiger partial charge is 0.493 e. The number of halogens is 3. The van der Waals surface area contributed by atoms with Gasteiger partial charge in [-0.05, 0) is 36.4 Å². The molecule has 8 heteroatoms. The fourth-order valence-corrected chi connectivity index (χ4v) is 3.92. The molecular formula is C23H20BrClFN3O2. The first-order valence-electron chi connectivity index (χ1n) is 9.61. The highest BCUT2D eigenvalue weighted by Gasteiger charge is 2.16. The Hall–Kier alpha value is -2.61. The molecule has 0 spiro atoms. The number of nitrogens with zero attached hydrogens (tertiary/aromatic N) is 1. The second-order valence-electron chi connectivity index (χ2n) is 6.89. The number of benzene rings is 3. The fourth-order valence-electron chi connectivity index (χ4n) is 3.25. The molecule has 0 atom stereocenters. The highest BCUT2D eigenvalue weighted by atomic mass is 79.9. The molecule has 0 saturated heterocycles. The number of imidazole rings is 1. The molecular weight excluding hydrogens is 485 g/mol. The Morgan fingerprint density at radius 3 is 2.74 bits per heavy atom. The summed E-state index contributed by atoms with van der Waals surface area (Å²) in [6.07, 6.45) is 0. The molecule has 5 nitrogen and oxygen atoms in total. The van der Waals surface area contributed by atoms with Crippen LogP contribution < -0.4 is 14.8 Å². The lowest BCUT2D eigenvalue weighted by atomic mass is 10.1. The van der Waals surface area contributed by atoms with E-state index >= 15 is 0 Å². The molecule has 2 N–H and O–H groups in total. The summed E-state index contributed by atoms with van der Waals surface area (Å²) in [7, 11) is 1.59. The predicted octanol–water partition coefficient (Wildman–Crippen LogP) is 6.00. The van der Waals surface area contributed by atoms with Gasteiger partial charge in [-0.2, -0.15) is 0 Å². The van der Waals surface area contributed by atoms with E-state index in [4.69, 9.17) is 21.1 Å². The summed E-state index contributed by atoms with van der Waals surface area (Å²) >= 11 is 9.74. The van der Waals surface area contributed by atoms with Gasteiger partial charge in [0, 0.05) is 22.1 Å². The number of ether oxygens (including phenoxy) is 2. The average Bonchev–Trinajstić information content (AvgIpc) is 3.17. The van der Waals surface area contributed by atoms with Gasteiger partial charge in [0.2, 0.25) is 0 Å². The van der Waals surface area contributed by atoms with Crippen LogP contribution in [-0.4, -0.2) is 17.1 Å². The van der Waals surface area contributed by atoms with Gasteiger partial charge in [0.1, 0.15) is 18.2 Å². The van der Waals surface area contributed by atoms with Gasteiger partial charge in [-0.25, -0.2) is 9.37 Å². The Morgan fingerprint density at radius 1 is 1.13 bits per heavy atom. The molecule has 4 aromatic rings. The molecule has 1 aromatic heterocycles. The van der Waals surface area contributed by atoms with Gasteiger partial charge >= 0.3 is 0 Å². The zero-order chi connectivity index (χ0) is 21.8. The second-order valence-corrected chi connectivity index (χ2v) is 8.15. The van der Waals surface area contributed by atoms with Crippen molar-refractivity contribution in [3.05, 3.63) is 86.9 Å². The summed E-state index contributed by atoms with van der Waals surface area (Å²) < 4.78 is 25.8. The van der Waals surface area contributed by atoms with Gasteiger partial charge in [0.15, 0.2) is 11.5 Å². The van der Waals surface area contributed by atoms with E-state index in [1.807, 2.05) is 36.4 Å². The minimum atomic E-state index is -0.385. The number of nitrogens with one attached hydrogen (secondary N) is 2. The minimum Gasteiger partial charge on any atom is -0.493 e. The van der Waals surface area contributed by atoms with Crippen molar-refractivity contribution < 1.29 is 13.9 Å². The van der Waals surface area contributed by atoms with Gasteiger partial charge in [-0.3, -0.25) is 0 Å². The standard InChI is InChI=1S/C23H20BrClFN3O2/c1-30-21-9-8-17(24)16(23(21)31-13-14-6-7-15(26)10-18(14)25)11-27-12-22-28-19-4-2-3-5-20(19)29-22/h2-10,27H,11-13H2,1H3,(H,28,29). The summed E-state index contributed by atoms with van der Waals surface area (Å²) in [5.74, 6) is 1.65. The topological polar surface area (TPSA) is 59.2 Å². The third-order valence-corrected chi connectivity index (χ3v) is 5.90. The third kappa shape index (κ3) is 5.01. The zero-order valence-electron chi connectivity index (χ0n) is 16.7. The third-order valence-electron chi connectivity index (χ3n) is 4.81.